The number of furan rings is 1. The zero-order valence-corrected chi connectivity index (χ0v) is 17.8. The van der Waals surface area contributed by atoms with E-state index in [1.165, 1.54) is 0 Å². The number of piperidine rings is 1. The molecule has 8 heteroatoms. The molecule has 8 nitrogen and oxygen atoms in total. The number of likely N-dealkylation sites (tertiary alicyclic amines) is 1. The van der Waals surface area contributed by atoms with Gasteiger partial charge in [-0.3, -0.25) is 14.5 Å². The van der Waals surface area contributed by atoms with Crippen LogP contribution in [0.15, 0.2) is 34.7 Å². The lowest BCUT2D eigenvalue weighted by Crippen LogP contribution is -2.66. The number of anilines is 1. The fourth-order valence-electron chi connectivity index (χ4n) is 4.76. The van der Waals surface area contributed by atoms with Gasteiger partial charge in [0.1, 0.15) is 11.4 Å². The predicted molar refractivity (Wildman–Crippen MR) is 115 cm³/mol. The number of fused-ring (bicyclic) bond motifs is 1. The van der Waals surface area contributed by atoms with Crippen molar-refractivity contribution in [2.24, 2.45) is 0 Å². The first-order chi connectivity index (χ1) is 15.0. The van der Waals surface area contributed by atoms with Gasteiger partial charge < -0.3 is 24.7 Å². The number of hydrogen-bond acceptors (Lipinski definition) is 6. The van der Waals surface area contributed by atoms with E-state index in [2.05, 4.69) is 15.5 Å². The summed E-state index contributed by atoms with van der Waals surface area (Å²) in [6, 6.07) is 9.43. The van der Waals surface area contributed by atoms with Crippen LogP contribution in [0.5, 0.6) is 0 Å². The van der Waals surface area contributed by atoms with Crippen LogP contribution in [0, 0.1) is 6.92 Å². The van der Waals surface area contributed by atoms with Crippen molar-refractivity contribution >= 4 is 17.5 Å². The van der Waals surface area contributed by atoms with Crippen LogP contribution in [0.3, 0.4) is 0 Å². The topological polar surface area (TPSA) is 87.1 Å². The van der Waals surface area contributed by atoms with Gasteiger partial charge in [0, 0.05) is 30.9 Å². The second-order valence-corrected chi connectivity index (χ2v) is 8.65. The SMILES string of the molecule is Cc1cc(CN2CCOCC2)oc1C(=O)N1CCCC2(C1)NC(=O)c1ccccc1N2. The summed E-state index contributed by atoms with van der Waals surface area (Å²) in [6.07, 6.45) is 1.55. The van der Waals surface area contributed by atoms with Crippen molar-refractivity contribution < 1.29 is 18.7 Å². The van der Waals surface area contributed by atoms with E-state index in [1.807, 2.05) is 31.2 Å². The maximum atomic E-state index is 13.3. The molecular formula is C23H28N4O4. The fraction of sp³-hybridized carbons (Fsp3) is 0.478. The third kappa shape index (κ3) is 3.93. The Bertz CT molecular complexity index is 997. The maximum Gasteiger partial charge on any atom is 0.289 e. The average Bonchev–Trinajstić information content (AvgIpc) is 3.13. The van der Waals surface area contributed by atoms with Gasteiger partial charge in [-0.05, 0) is 38.0 Å². The van der Waals surface area contributed by atoms with Crippen LogP contribution < -0.4 is 10.6 Å². The molecular weight excluding hydrogens is 396 g/mol. The quantitative estimate of drug-likeness (QED) is 0.786. The molecule has 0 saturated carbocycles. The number of benzene rings is 1. The summed E-state index contributed by atoms with van der Waals surface area (Å²) in [7, 11) is 0. The summed E-state index contributed by atoms with van der Waals surface area (Å²) < 4.78 is 11.4. The molecule has 4 heterocycles. The van der Waals surface area contributed by atoms with Crippen LogP contribution in [0.4, 0.5) is 5.69 Å². The first-order valence-electron chi connectivity index (χ1n) is 10.9. The molecule has 164 valence electrons. The minimum absolute atomic E-state index is 0.106. The monoisotopic (exact) mass is 424 g/mol. The molecule has 2 amide bonds. The number of aryl methyl sites for hydroxylation is 1. The van der Waals surface area contributed by atoms with E-state index in [4.69, 9.17) is 9.15 Å². The summed E-state index contributed by atoms with van der Waals surface area (Å²) in [5.74, 6) is 0.959. The van der Waals surface area contributed by atoms with Gasteiger partial charge in [0.25, 0.3) is 11.8 Å². The number of rotatable bonds is 3. The van der Waals surface area contributed by atoms with Gasteiger partial charge in [-0.1, -0.05) is 12.1 Å². The van der Waals surface area contributed by atoms with Crippen molar-refractivity contribution in [2.75, 3.05) is 44.7 Å². The second-order valence-electron chi connectivity index (χ2n) is 8.65. The number of morpholine rings is 1. The molecule has 1 aromatic heterocycles. The minimum Gasteiger partial charge on any atom is -0.454 e. The molecule has 31 heavy (non-hydrogen) atoms. The fourth-order valence-corrected chi connectivity index (χ4v) is 4.76. The van der Waals surface area contributed by atoms with Crippen LogP contribution >= 0.6 is 0 Å². The lowest BCUT2D eigenvalue weighted by Gasteiger charge is -2.46. The molecule has 0 aliphatic carbocycles. The van der Waals surface area contributed by atoms with Crippen molar-refractivity contribution in [3.63, 3.8) is 0 Å². The van der Waals surface area contributed by atoms with Gasteiger partial charge >= 0.3 is 0 Å². The van der Waals surface area contributed by atoms with Crippen molar-refractivity contribution in [3.05, 3.63) is 53.0 Å². The first-order valence-corrected chi connectivity index (χ1v) is 10.9. The standard InChI is InChI=1S/C23H28N4O4/c1-16-13-17(14-26-9-11-30-12-10-26)31-20(16)22(29)27-8-4-7-23(15-27)24-19-6-3-2-5-18(19)21(28)25-23/h2-3,5-6,13,24H,4,7-12,14-15H2,1H3,(H,25,28). The van der Waals surface area contributed by atoms with Crippen LogP contribution in [0.1, 0.15) is 45.1 Å². The number of hydrogen-bond donors (Lipinski definition) is 2. The average molecular weight is 425 g/mol. The summed E-state index contributed by atoms with van der Waals surface area (Å²) in [5, 5.41) is 6.58. The second kappa shape index (κ2) is 8.01. The molecule has 1 atom stereocenters. The molecule has 1 spiro atoms. The smallest absolute Gasteiger partial charge is 0.289 e. The number of nitrogens with one attached hydrogen (secondary N) is 2. The highest BCUT2D eigenvalue weighted by Gasteiger charge is 2.42. The van der Waals surface area contributed by atoms with Crippen molar-refractivity contribution in [3.8, 4) is 0 Å². The normalized spacial score (nSPS) is 23.9. The molecule has 3 aliphatic heterocycles. The van der Waals surface area contributed by atoms with Crippen LogP contribution in [0.25, 0.3) is 0 Å². The Labute approximate surface area is 181 Å². The van der Waals surface area contributed by atoms with Crippen molar-refractivity contribution in [1.29, 1.82) is 0 Å². The number of nitrogens with zero attached hydrogens (tertiary/aromatic N) is 2. The molecule has 1 aromatic carbocycles. The van der Waals surface area contributed by atoms with E-state index in [1.54, 1.807) is 11.0 Å². The highest BCUT2D eigenvalue weighted by Crippen LogP contribution is 2.31. The Hall–Kier alpha value is -2.84. The molecule has 2 aromatic rings. The van der Waals surface area contributed by atoms with E-state index in [0.717, 1.165) is 56.2 Å². The first kappa shape index (κ1) is 20.1. The Morgan fingerprint density at radius 2 is 1.97 bits per heavy atom. The van der Waals surface area contributed by atoms with E-state index >= 15 is 0 Å². The van der Waals surface area contributed by atoms with E-state index < -0.39 is 5.66 Å². The van der Waals surface area contributed by atoms with Gasteiger partial charge in [0.05, 0.1) is 31.9 Å². The Balaban J connectivity index is 1.32. The number of carbonyl (C=O) groups is 2. The van der Waals surface area contributed by atoms with E-state index in [9.17, 15) is 9.59 Å². The molecule has 5 rings (SSSR count). The van der Waals surface area contributed by atoms with Crippen molar-refractivity contribution in [1.82, 2.24) is 15.1 Å². The van der Waals surface area contributed by atoms with Gasteiger partial charge in [-0.25, -0.2) is 0 Å². The number of carbonyl (C=O) groups excluding carboxylic acids is 2. The maximum absolute atomic E-state index is 13.3. The molecule has 2 fully saturated rings. The van der Waals surface area contributed by atoms with Crippen LogP contribution in [0.2, 0.25) is 0 Å². The van der Waals surface area contributed by atoms with Gasteiger partial charge in [-0.15, -0.1) is 0 Å². The highest BCUT2D eigenvalue weighted by atomic mass is 16.5. The summed E-state index contributed by atoms with van der Waals surface area (Å²) >= 11 is 0. The molecule has 0 bridgehead atoms. The third-order valence-electron chi connectivity index (χ3n) is 6.32. The molecule has 2 saturated heterocycles. The Morgan fingerprint density at radius 3 is 2.81 bits per heavy atom. The molecule has 0 radical (unpaired) electrons. The number of para-hydroxylation sites is 1. The summed E-state index contributed by atoms with van der Waals surface area (Å²) in [6.45, 7) is 6.80. The van der Waals surface area contributed by atoms with Crippen LogP contribution in [-0.2, 0) is 11.3 Å². The Morgan fingerprint density at radius 1 is 1.16 bits per heavy atom. The predicted octanol–water partition coefficient (Wildman–Crippen LogP) is 2.21. The largest absolute Gasteiger partial charge is 0.454 e. The minimum atomic E-state index is -0.656. The lowest BCUT2D eigenvalue weighted by atomic mass is 9.93. The number of ether oxygens (including phenoxy) is 1. The number of amides is 2. The van der Waals surface area contributed by atoms with Gasteiger partial charge in [0.15, 0.2) is 5.76 Å². The summed E-state index contributed by atoms with van der Waals surface area (Å²) in [5.41, 5.74) is 1.63. The zero-order chi connectivity index (χ0) is 21.4. The van der Waals surface area contributed by atoms with Crippen LogP contribution in [-0.4, -0.2) is 66.7 Å². The summed E-state index contributed by atoms with van der Waals surface area (Å²) in [4.78, 5) is 30.1. The highest BCUT2D eigenvalue weighted by molar-refractivity contribution is 6.02. The van der Waals surface area contributed by atoms with Gasteiger partial charge in [0.2, 0.25) is 0 Å². The Kier molecular flexibility index (Phi) is 5.19. The van der Waals surface area contributed by atoms with Gasteiger partial charge in [-0.2, -0.15) is 0 Å². The van der Waals surface area contributed by atoms with E-state index in [0.29, 0.717) is 31.0 Å². The lowest BCUT2D eigenvalue weighted by molar-refractivity contribution is 0.0308. The van der Waals surface area contributed by atoms with E-state index in [-0.39, 0.29) is 11.8 Å². The molecule has 1 unspecified atom stereocenters. The molecule has 2 N–H and O–H groups in total. The van der Waals surface area contributed by atoms with Crippen molar-refractivity contribution in [2.45, 2.75) is 32.0 Å². The molecule has 3 aliphatic rings. The third-order valence-corrected chi connectivity index (χ3v) is 6.32. The zero-order valence-electron chi connectivity index (χ0n) is 17.8.